The molecule has 98 valence electrons. The third-order valence-corrected chi connectivity index (χ3v) is 2.95. The first-order valence-corrected chi connectivity index (χ1v) is 5.95. The number of carbonyl (C=O) groups is 1. The maximum atomic E-state index is 13.3. The molecule has 0 radical (unpaired) electrons. The molecule has 2 rings (SSSR count). The van der Waals surface area contributed by atoms with Gasteiger partial charge in [0.15, 0.2) is 0 Å². The number of hydrogen-bond acceptors (Lipinski definition) is 2. The van der Waals surface area contributed by atoms with Gasteiger partial charge in [0.05, 0.1) is 5.56 Å². The number of nitrogens with one attached hydrogen (secondary N) is 1. The lowest BCUT2D eigenvalue weighted by Crippen LogP contribution is -2.03. The largest absolute Gasteiger partial charge is 0.478 e. The van der Waals surface area contributed by atoms with Crippen molar-refractivity contribution >= 4 is 23.3 Å². The Hall–Kier alpha value is -2.07. The van der Waals surface area contributed by atoms with Gasteiger partial charge in [0.1, 0.15) is 5.82 Å². The van der Waals surface area contributed by atoms with E-state index < -0.39 is 11.8 Å². The third-order valence-electron chi connectivity index (χ3n) is 2.59. The quantitative estimate of drug-likeness (QED) is 0.895. The zero-order chi connectivity index (χ0) is 13.8. The molecule has 3 nitrogen and oxygen atoms in total. The van der Waals surface area contributed by atoms with Crippen molar-refractivity contribution < 1.29 is 14.3 Å². The highest BCUT2D eigenvalue weighted by atomic mass is 35.5. The van der Waals surface area contributed by atoms with Crippen LogP contribution in [0.2, 0.25) is 5.02 Å². The van der Waals surface area contributed by atoms with Crippen molar-refractivity contribution in [3.8, 4) is 0 Å². The predicted molar refractivity (Wildman–Crippen MR) is 72.1 cm³/mol. The minimum Gasteiger partial charge on any atom is -0.478 e. The van der Waals surface area contributed by atoms with E-state index in [2.05, 4.69) is 5.32 Å². The molecular formula is C14H11ClFNO2. The Kier molecular flexibility index (Phi) is 4.02. The summed E-state index contributed by atoms with van der Waals surface area (Å²) in [5.41, 5.74) is 1.16. The van der Waals surface area contributed by atoms with Gasteiger partial charge in [0.2, 0.25) is 0 Å². The highest BCUT2D eigenvalue weighted by Gasteiger charge is 2.07. The first kappa shape index (κ1) is 13.4. The predicted octanol–water partition coefficient (Wildman–Crippen LogP) is 3.79. The van der Waals surface area contributed by atoms with Crippen LogP contribution < -0.4 is 5.32 Å². The normalized spacial score (nSPS) is 10.2. The molecule has 0 spiro atoms. The average Bonchev–Trinajstić information content (AvgIpc) is 2.37. The maximum Gasteiger partial charge on any atom is 0.335 e. The fraction of sp³-hybridized carbons (Fsp3) is 0.0714. The molecule has 0 unspecified atom stereocenters. The molecule has 0 saturated carbocycles. The lowest BCUT2D eigenvalue weighted by Gasteiger charge is -2.09. The number of benzene rings is 2. The van der Waals surface area contributed by atoms with Gasteiger partial charge in [0, 0.05) is 17.3 Å². The van der Waals surface area contributed by atoms with E-state index in [1.54, 1.807) is 6.07 Å². The molecule has 2 aromatic carbocycles. The molecule has 19 heavy (non-hydrogen) atoms. The second kappa shape index (κ2) is 5.71. The zero-order valence-electron chi connectivity index (χ0n) is 9.86. The minimum absolute atomic E-state index is 0.0957. The van der Waals surface area contributed by atoms with E-state index in [1.165, 1.54) is 12.1 Å². The van der Waals surface area contributed by atoms with Gasteiger partial charge in [0.25, 0.3) is 0 Å². The summed E-state index contributed by atoms with van der Waals surface area (Å²) in [5.74, 6) is -1.76. The molecule has 0 saturated heterocycles. The summed E-state index contributed by atoms with van der Waals surface area (Å²) in [6.07, 6.45) is 0. The smallest absolute Gasteiger partial charge is 0.335 e. The Balaban J connectivity index is 2.16. The van der Waals surface area contributed by atoms with Crippen LogP contribution in [-0.2, 0) is 6.54 Å². The molecule has 0 aromatic heterocycles. The van der Waals surface area contributed by atoms with Crippen molar-refractivity contribution in [2.24, 2.45) is 0 Å². The summed E-state index contributed by atoms with van der Waals surface area (Å²) < 4.78 is 13.3. The second-order valence-electron chi connectivity index (χ2n) is 3.98. The highest BCUT2D eigenvalue weighted by Crippen LogP contribution is 2.19. The van der Waals surface area contributed by atoms with Gasteiger partial charge in [-0.15, -0.1) is 0 Å². The number of halogens is 2. The summed E-state index contributed by atoms with van der Waals surface area (Å²) in [4.78, 5) is 10.8. The summed E-state index contributed by atoms with van der Waals surface area (Å²) in [6.45, 7) is 0.391. The standard InChI is InChI=1S/C14H11ClFNO2/c15-13-4-2-1-3-9(13)8-17-12-6-10(14(18)19)5-11(16)7-12/h1-7,17H,8H2,(H,18,19). The van der Waals surface area contributed by atoms with Gasteiger partial charge >= 0.3 is 5.97 Å². The lowest BCUT2D eigenvalue weighted by molar-refractivity contribution is 0.0696. The molecule has 0 aliphatic carbocycles. The third kappa shape index (κ3) is 3.45. The SMILES string of the molecule is O=C(O)c1cc(F)cc(NCc2ccccc2Cl)c1. The number of anilines is 1. The van der Waals surface area contributed by atoms with Crippen LogP contribution in [0.1, 0.15) is 15.9 Å². The Morgan fingerprint density at radius 1 is 1.26 bits per heavy atom. The maximum absolute atomic E-state index is 13.3. The van der Waals surface area contributed by atoms with Crippen molar-refractivity contribution in [3.63, 3.8) is 0 Å². The van der Waals surface area contributed by atoms with Gasteiger partial charge in [-0.2, -0.15) is 0 Å². The molecule has 2 N–H and O–H groups in total. The molecule has 0 heterocycles. The van der Waals surface area contributed by atoms with E-state index in [4.69, 9.17) is 16.7 Å². The topological polar surface area (TPSA) is 49.3 Å². The summed E-state index contributed by atoms with van der Waals surface area (Å²) in [5, 5.41) is 12.4. The minimum atomic E-state index is -1.17. The Labute approximate surface area is 114 Å². The van der Waals surface area contributed by atoms with E-state index in [1.807, 2.05) is 18.2 Å². The highest BCUT2D eigenvalue weighted by molar-refractivity contribution is 6.31. The summed E-state index contributed by atoms with van der Waals surface area (Å²) in [7, 11) is 0. The number of carboxylic acids is 1. The van der Waals surface area contributed by atoms with Gasteiger partial charge in [-0.05, 0) is 29.8 Å². The monoisotopic (exact) mass is 279 g/mol. The van der Waals surface area contributed by atoms with Crippen LogP contribution in [0, 0.1) is 5.82 Å². The van der Waals surface area contributed by atoms with Gasteiger partial charge in [-0.25, -0.2) is 9.18 Å². The van der Waals surface area contributed by atoms with Crippen LogP contribution in [0.5, 0.6) is 0 Å². The van der Waals surface area contributed by atoms with E-state index in [0.29, 0.717) is 17.3 Å². The molecule has 2 aromatic rings. The Bertz CT molecular complexity index is 616. The van der Waals surface area contributed by atoms with Crippen LogP contribution >= 0.6 is 11.6 Å². The molecule has 0 atom stereocenters. The van der Waals surface area contributed by atoms with Crippen molar-refractivity contribution in [3.05, 3.63) is 64.4 Å². The lowest BCUT2D eigenvalue weighted by atomic mass is 10.1. The molecular weight excluding hydrogens is 269 g/mol. The fourth-order valence-electron chi connectivity index (χ4n) is 1.65. The first-order valence-electron chi connectivity index (χ1n) is 5.57. The fourth-order valence-corrected chi connectivity index (χ4v) is 1.86. The van der Waals surface area contributed by atoms with E-state index in [-0.39, 0.29) is 5.56 Å². The molecule has 0 bridgehead atoms. The van der Waals surface area contributed by atoms with Crippen LogP contribution in [0.15, 0.2) is 42.5 Å². The van der Waals surface area contributed by atoms with Crippen molar-refractivity contribution in [1.29, 1.82) is 0 Å². The van der Waals surface area contributed by atoms with Gasteiger partial charge < -0.3 is 10.4 Å². The molecule has 0 aliphatic rings. The van der Waals surface area contributed by atoms with E-state index in [9.17, 15) is 9.18 Å². The van der Waals surface area contributed by atoms with Crippen LogP contribution in [0.3, 0.4) is 0 Å². The van der Waals surface area contributed by atoms with Gasteiger partial charge in [-0.3, -0.25) is 0 Å². The Morgan fingerprint density at radius 2 is 2.00 bits per heavy atom. The number of rotatable bonds is 4. The Morgan fingerprint density at radius 3 is 2.68 bits per heavy atom. The molecule has 0 aliphatic heterocycles. The molecule has 0 fully saturated rings. The molecule has 5 heteroatoms. The van der Waals surface area contributed by atoms with E-state index in [0.717, 1.165) is 11.6 Å². The van der Waals surface area contributed by atoms with Crippen LogP contribution in [0.25, 0.3) is 0 Å². The number of carboxylic acid groups (broad SMARTS) is 1. The molecule has 0 amide bonds. The van der Waals surface area contributed by atoms with E-state index >= 15 is 0 Å². The average molecular weight is 280 g/mol. The summed E-state index contributed by atoms with van der Waals surface area (Å²) >= 11 is 6.00. The van der Waals surface area contributed by atoms with Gasteiger partial charge in [-0.1, -0.05) is 29.8 Å². The van der Waals surface area contributed by atoms with Crippen molar-refractivity contribution in [2.45, 2.75) is 6.54 Å². The second-order valence-corrected chi connectivity index (χ2v) is 4.39. The van der Waals surface area contributed by atoms with Crippen LogP contribution in [-0.4, -0.2) is 11.1 Å². The number of aromatic carboxylic acids is 1. The zero-order valence-corrected chi connectivity index (χ0v) is 10.6. The summed E-state index contributed by atoms with van der Waals surface area (Å²) in [6, 6.07) is 10.8. The van der Waals surface area contributed by atoms with Crippen molar-refractivity contribution in [2.75, 3.05) is 5.32 Å². The van der Waals surface area contributed by atoms with Crippen LogP contribution in [0.4, 0.5) is 10.1 Å². The first-order chi connectivity index (χ1) is 9.06. The van der Waals surface area contributed by atoms with Crippen molar-refractivity contribution in [1.82, 2.24) is 0 Å². The number of hydrogen-bond donors (Lipinski definition) is 2.